The van der Waals surface area contributed by atoms with Gasteiger partial charge in [-0.15, -0.1) is 23.2 Å². The summed E-state index contributed by atoms with van der Waals surface area (Å²) in [6.45, 7) is 4.04. The third-order valence-corrected chi connectivity index (χ3v) is 3.39. The van der Waals surface area contributed by atoms with Gasteiger partial charge in [-0.25, -0.2) is 0 Å². The van der Waals surface area contributed by atoms with Crippen molar-refractivity contribution in [1.82, 2.24) is 0 Å². The van der Waals surface area contributed by atoms with Crippen LogP contribution in [0.1, 0.15) is 12.8 Å². The first-order valence-corrected chi connectivity index (χ1v) is 7.01. The molecule has 0 aromatic heterocycles. The molecule has 84 valence electrons. The zero-order valence-electron chi connectivity index (χ0n) is 7.95. The first-order chi connectivity index (χ1) is 6.68. The summed E-state index contributed by atoms with van der Waals surface area (Å²) in [5, 5.41) is 0. The number of hydrogen-bond donors (Lipinski definition) is 0. The molecule has 0 radical (unpaired) electrons. The van der Waals surface area contributed by atoms with E-state index in [-0.39, 0.29) is 0 Å². The van der Waals surface area contributed by atoms with E-state index in [4.69, 9.17) is 32.2 Å². The van der Waals surface area contributed by atoms with Crippen molar-refractivity contribution in [3.05, 3.63) is 12.4 Å². The minimum Gasteiger partial charge on any atom is -0.306 e. The monoisotopic (exact) mass is 260 g/mol. The highest BCUT2D eigenvalue weighted by Crippen LogP contribution is 2.49. The van der Waals surface area contributed by atoms with Crippen LogP contribution in [0.3, 0.4) is 0 Å². The van der Waals surface area contributed by atoms with Gasteiger partial charge in [-0.05, 0) is 12.8 Å². The Kier molecular flexibility index (Phi) is 9.05. The molecule has 6 heteroatoms. The number of alkyl halides is 2. The molecule has 0 bridgehead atoms. The summed E-state index contributed by atoms with van der Waals surface area (Å²) >= 11 is 10.9. The van der Waals surface area contributed by atoms with Gasteiger partial charge < -0.3 is 9.05 Å². The van der Waals surface area contributed by atoms with Crippen molar-refractivity contribution in [3.63, 3.8) is 0 Å². The molecular weight excluding hydrogens is 246 g/mol. The Hall–Kier alpha value is 0.470. The predicted molar refractivity (Wildman–Crippen MR) is 60.4 cm³/mol. The van der Waals surface area contributed by atoms with Gasteiger partial charge in [0.2, 0.25) is 0 Å². The van der Waals surface area contributed by atoms with Crippen LogP contribution in [0.25, 0.3) is 0 Å². The molecule has 0 aromatic rings. The third kappa shape index (κ3) is 6.86. The zero-order valence-corrected chi connectivity index (χ0v) is 10.4. The molecule has 0 aliphatic carbocycles. The fourth-order valence-electron chi connectivity index (χ4n) is 0.635. The van der Waals surface area contributed by atoms with E-state index >= 15 is 0 Å². The minimum absolute atomic E-state index is 0.313. The van der Waals surface area contributed by atoms with E-state index in [1.54, 1.807) is 0 Å². The van der Waals surface area contributed by atoms with Crippen molar-refractivity contribution in [2.24, 2.45) is 0 Å². The average molecular weight is 261 g/mol. The molecule has 0 heterocycles. The van der Waals surface area contributed by atoms with E-state index in [0.29, 0.717) is 37.8 Å². The van der Waals surface area contributed by atoms with E-state index in [1.165, 1.54) is 5.82 Å². The van der Waals surface area contributed by atoms with Crippen molar-refractivity contribution in [2.75, 3.05) is 25.0 Å². The molecule has 0 amide bonds. The topological polar surface area (TPSA) is 35.5 Å². The van der Waals surface area contributed by atoms with E-state index in [1.807, 2.05) is 0 Å². The lowest BCUT2D eigenvalue weighted by molar-refractivity contribution is 0.213. The van der Waals surface area contributed by atoms with Gasteiger partial charge in [-0.3, -0.25) is 4.57 Å². The molecule has 0 N–H and O–H groups in total. The summed E-state index contributed by atoms with van der Waals surface area (Å²) in [4.78, 5) is 0. The molecule has 0 aromatic carbocycles. The van der Waals surface area contributed by atoms with Gasteiger partial charge in [-0.2, -0.15) is 0 Å². The van der Waals surface area contributed by atoms with Gasteiger partial charge in [0.15, 0.2) is 0 Å². The molecule has 0 saturated carbocycles. The van der Waals surface area contributed by atoms with Gasteiger partial charge >= 0.3 is 7.60 Å². The zero-order chi connectivity index (χ0) is 10.9. The molecule has 14 heavy (non-hydrogen) atoms. The lowest BCUT2D eigenvalue weighted by Crippen LogP contribution is -1.98. The van der Waals surface area contributed by atoms with Crippen LogP contribution < -0.4 is 0 Å². The molecule has 3 nitrogen and oxygen atoms in total. The van der Waals surface area contributed by atoms with Crippen LogP contribution in [0.5, 0.6) is 0 Å². The maximum absolute atomic E-state index is 11.7. The van der Waals surface area contributed by atoms with Crippen LogP contribution in [0.2, 0.25) is 0 Å². The SMILES string of the molecule is C=CP(=O)(OCCCCl)OCCCCl. The molecule has 0 aliphatic heterocycles. The van der Waals surface area contributed by atoms with E-state index in [9.17, 15) is 4.57 Å². The Bertz CT molecular complexity index is 185. The normalized spacial score (nSPS) is 11.6. The first kappa shape index (κ1) is 14.5. The van der Waals surface area contributed by atoms with Crippen LogP contribution in [-0.4, -0.2) is 25.0 Å². The summed E-state index contributed by atoms with van der Waals surface area (Å²) in [6, 6.07) is 0. The van der Waals surface area contributed by atoms with Crippen LogP contribution in [-0.2, 0) is 13.6 Å². The third-order valence-electron chi connectivity index (χ3n) is 1.32. The number of hydrogen-bond acceptors (Lipinski definition) is 3. The van der Waals surface area contributed by atoms with Gasteiger partial charge in [-0.1, -0.05) is 6.58 Å². The minimum atomic E-state index is -3.11. The maximum Gasteiger partial charge on any atom is 0.353 e. The Morgan fingerprint density at radius 1 is 1.14 bits per heavy atom. The van der Waals surface area contributed by atoms with E-state index in [0.717, 1.165) is 0 Å². The lowest BCUT2D eigenvalue weighted by Gasteiger charge is -2.13. The van der Waals surface area contributed by atoms with Crippen molar-refractivity contribution in [3.8, 4) is 0 Å². The quantitative estimate of drug-likeness (QED) is 0.361. The predicted octanol–water partition coefficient (Wildman–Crippen LogP) is 3.61. The second-order valence-corrected chi connectivity index (χ2v) is 5.19. The van der Waals surface area contributed by atoms with Gasteiger partial charge in [0.1, 0.15) is 0 Å². The fraction of sp³-hybridized carbons (Fsp3) is 0.750. The Balaban J connectivity index is 3.80. The highest BCUT2D eigenvalue weighted by Gasteiger charge is 2.18. The van der Waals surface area contributed by atoms with Crippen molar-refractivity contribution in [2.45, 2.75) is 12.8 Å². The highest BCUT2D eigenvalue weighted by molar-refractivity contribution is 7.57. The summed E-state index contributed by atoms with van der Waals surface area (Å²) in [5.41, 5.74) is 0. The Morgan fingerprint density at radius 3 is 1.86 bits per heavy atom. The summed E-state index contributed by atoms with van der Waals surface area (Å²) in [6.07, 6.45) is 1.27. The Labute approximate surface area is 94.9 Å². The lowest BCUT2D eigenvalue weighted by atomic mass is 10.5. The molecule has 0 atom stereocenters. The number of halogens is 2. The van der Waals surface area contributed by atoms with Crippen molar-refractivity contribution >= 4 is 30.8 Å². The summed E-state index contributed by atoms with van der Waals surface area (Å²) in [5.74, 6) is 2.15. The van der Waals surface area contributed by atoms with E-state index in [2.05, 4.69) is 6.58 Å². The van der Waals surface area contributed by atoms with Gasteiger partial charge in [0, 0.05) is 17.6 Å². The van der Waals surface area contributed by atoms with Crippen LogP contribution in [0, 0.1) is 0 Å². The average Bonchev–Trinajstić information content (AvgIpc) is 2.19. The molecule has 0 rings (SSSR count). The molecule has 0 saturated heterocycles. The van der Waals surface area contributed by atoms with E-state index < -0.39 is 7.60 Å². The molecule has 0 unspecified atom stereocenters. The molecule has 0 aliphatic rings. The summed E-state index contributed by atoms with van der Waals surface area (Å²) < 4.78 is 21.8. The second kappa shape index (κ2) is 8.75. The van der Waals surface area contributed by atoms with Gasteiger partial charge in [0.05, 0.1) is 13.2 Å². The highest BCUT2D eigenvalue weighted by atomic mass is 35.5. The van der Waals surface area contributed by atoms with Crippen molar-refractivity contribution < 1.29 is 13.6 Å². The maximum atomic E-state index is 11.7. The van der Waals surface area contributed by atoms with Crippen LogP contribution in [0.4, 0.5) is 0 Å². The molecule has 0 fully saturated rings. The number of rotatable bonds is 9. The van der Waals surface area contributed by atoms with Crippen LogP contribution >= 0.6 is 30.8 Å². The Morgan fingerprint density at radius 2 is 1.57 bits per heavy atom. The first-order valence-electron chi connectivity index (χ1n) is 4.33. The second-order valence-electron chi connectivity index (χ2n) is 2.47. The van der Waals surface area contributed by atoms with Crippen molar-refractivity contribution in [1.29, 1.82) is 0 Å². The smallest absolute Gasteiger partial charge is 0.306 e. The van der Waals surface area contributed by atoms with Gasteiger partial charge in [0.25, 0.3) is 0 Å². The standard InChI is InChI=1S/C8H15Cl2O3P/c1-2-14(11,12-7-3-5-9)13-8-4-6-10/h2H,1,3-8H2. The largest absolute Gasteiger partial charge is 0.353 e. The molecular formula is C8H15Cl2O3P. The molecule has 0 spiro atoms. The van der Waals surface area contributed by atoms with Crippen LogP contribution in [0.15, 0.2) is 12.4 Å². The fourth-order valence-corrected chi connectivity index (χ4v) is 1.91. The summed E-state index contributed by atoms with van der Waals surface area (Å²) in [7, 11) is -3.11.